The van der Waals surface area contributed by atoms with Crippen molar-refractivity contribution >= 4 is 28.7 Å². The zero-order chi connectivity index (χ0) is 17.1. The summed E-state index contributed by atoms with van der Waals surface area (Å²) in [5.41, 5.74) is 2.81. The van der Waals surface area contributed by atoms with Crippen molar-refractivity contribution in [1.29, 1.82) is 0 Å². The smallest absolute Gasteiger partial charge is 0.230 e. The van der Waals surface area contributed by atoms with E-state index in [9.17, 15) is 4.79 Å². The van der Waals surface area contributed by atoms with Gasteiger partial charge in [0.25, 0.3) is 0 Å². The van der Waals surface area contributed by atoms with Crippen LogP contribution in [0.5, 0.6) is 0 Å². The molecule has 0 bridgehead atoms. The second-order valence-corrected chi connectivity index (χ2v) is 6.95. The highest BCUT2D eigenvalue weighted by atomic mass is 32.2. The maximum atomic E-state index is 12.0. The summed E-state index contributed by atoms with van der Waals surface area (Å²) >= 11 is 1.54. The normalized spacial score (nSPS) is 12.5. The summed E-state index contributed by atoms with van der Waals surface area (Å²) in [5.74, 6) is 2.52. The number of nitrogens with one attached hydrogen (secondary N) is 2. The standard InChI is InChI=1S/C17H20N4O2S/c1-10-11(2)23-16(19-10)8-18-15(22)9-24-12(3)17-20-13-6-4-5-7-14(13)21-17/h4-7,12H,8-9H2,1-3H3,(H,18,22)(H,20,21)/t12-/m0/s1. The molecule has 126 valence electrons. The molecule has 0 aliphatic carbocycles. The number of aromatic nitrogens is 3. The lowest BCUT2D eigenvalue weighted by molar-refractivity contribution is -0.118. The van der Waals surface area contributed by atoms with E-state index in [4.69, 9.17) is 4.42 Å². The second-order valence-electron chi connectivity index (χ2n) is 5.62. The first-order valence-electron chi connectivity index (χ1n) is 7.79. The molecule has 0 aliphatic rings. The summed E-state index contributed by atoms with van der Waals surface area (Å²) in [4.78, 5) is 24.1. The Labute approximate surface area is 144 Å². The van der Waals surface area contributed by atoms with Crippen molar-refractivity contribution in [3.63, 3.8) is 0 Å². The van der Waals surface area contributed by atoms with E-state index in [1.807, 2.05) is 45.0 Å². The molecule has 7 heteroatoms. The Morgan fingerprint density at radius 1 is 1.33 bits per heavy atom. The molecule has 2 N–H and O–H groups in total. The van der Waals surface area contributed by atoms with Crippen LogP contribution in [0.1, 0.15) is 35.3 Å². The van der Waals surface area contributed by atoms with Crippen LogP contribution in [0.25, 0.3) is 11.0 Å². The molecule has 3 rings (SSSR count). The van der Waals surface area contributed by atoms with Crippen LogP contribution in [-0.4, -0.2) is 26.6 Å². The quantitative estimate of drug-likeness (QED) is 0.717. The number of benzene rings is 1. The monoisotopic (exact) mass is 344 g/mol. The van der Waals surface area contributed by atoms with Gasteiger partial charge in [-0.25, -0.2) is 9.97 Å². The Balaban J connectivity index is 1.50. The number of carbonyl (C=O) groups is 1. The molecule has 0 aliphatic heterocycles. The Kier molecular flexibility index (Phi) is 4.89. The third-order valence-electron chi connectivity index (χ3n) is 3.77. The van der Waals surface area contributed by atoms with Crippen molar-refractivity contribution in [2.24, 2.45) is 0 Å². The molecule has 0 radical (unpaired) electrons. The maximum absolute atomic E-state index is 12.0. The van der Waals surface area contributed by atoms with E-state index in [-0.39, 0.29) is 11.2 Å². The third-order valence-corrected chi connectivity index (χ3v) is 4.92. The number of aryl methyl sites for hydroxylation is 2. The highest BCUT2D eigenvalue weighted by Gasteiger charge is 2.14. The molecule has 0 fully saturated rings. The molecule has 1 aromatic carbocycles. The van der Waals surface area contributed by atoms with Crippen LogP contribution in [0.2, 0.25) is 0 Å². The van der Waals surface area contributed by atoms with Crippen molar-refractivity contribution in [3.05, 3.63) is 47.4 Å². The lowest BCUT2D eigenvalue weighted by Gasteiger charge is -2.08. The van der Waals surface area contributed by atoms with E-state index in [2.05, 4.69) is 20.3 Å². The third kappa shape index (κ3) is 3.79. The van der Waals surface area contributed by atoms with Gasteiger partial charge in [0, 0.05) is 0 Å². The number of aromatic amines is 1. The second kappa shape index (κ2) is 7.09. The van der Waals surface area contributed by atoms with Gasteiger partial charge in [-0.1, -0.05) is 12.1 Å². The molecule has 2 heterocycles. The first kappa shape index (κ1) is 16.6. The number of imidazole rings is 1. The van der Waals surface area contributed by atoms with Gasteiger partial charge < -0.3 is 14.7 Å². The van der Waals surface area contributed by atoms with E-state index in [0.29, 0.717) is 18.2 Å². The van der Waals surface area contributed by atoms with Crippen LogP contribution in [-0.2, 0) is 11.3 Å². The first-order valence-corrected chi connectivity index (χ1v) is 8.83. The topological polar surface area (TPSA) is 83.8 Å². The molecule has 0 spiro atoms. The van der Waals surface area contributed by atoms with E-state index in [0.717, 1.165) is 28.3 Å². The van der Waals surface area contributed by atoms with Gasteiger partial charge in [0.2, 0.25) is 11.8 Å². The molecular weight excluding hydrogens is 324 g/mol. The number of rotatable bonds is 6. The number of nitrogens with zero attached hydrogens (tertiary/aromatic N) is 2. The maximum Gasteiger partial charge on any atom is 0.230 e. The van der Waals surface area contributed by atoms with Gasteiger partial charge in [-0.3, -0.25) is 4.79 Å². The molecule has 24 heavy (non-hydrogen) atoms. The largest absolute Gasteiger partial charge is 0.444 e. The van der Waals surface area contributed by atoms with Gasteiger partial charge in [-0.05, 0) is 32.9 Å². The van der Waals surface area contributed by atoms with Gasteiger partial charge in [0.05, 0.1) is 34.3 Å². The zero-order valence-electron chi connectivity index (χ0n) is 13.9. The van der Waals surface area contributed by atoms with Crippen molar-refractivity contribution in [3.8, 4) is 0 Å². The van der Waals surface area contributed by atoms with Gasteiger partial charge in [-0.2, -0.15) is 0 Å². The highest BCUT2D eigenvalue weighted by molar-refractivity contribution is 8.00. The summed E-state index contributed by atoms with van der Waals surface area (Å²) in [5, 5.41) is 2.93. The van der Waals surface area contributed by atoms with Crippen LogP contribution in [0.3, 0.4) is 0 Å². The van der Waals surface area contributed by atoms with Crippen molar-refractivity contribution < 1.29 is 9.21 Å². The van der Waals surface area contributed by atoms with E-state index >= 15 is 0 Å². The number of H-pyrrole nitrogens is 1. The summed E-state index contributed by atoms with van der Waals surface area (Å²) in [7, 11) is 0. The average Bonchev–Trinajstić information content (AvgIpc) is 3.14. The molecule has 1 amide bonds. The van der Waals surface area contributed by atoms with Crippen LogP contribution < -0.4 is 5.32 Å². The first-order chi connectivity index (χ1) is 11.5. The number of thioether (sulfide) groups is 1. The number of oxazole rings is 1. The summed E-state index contributed by atoms with van der Waals surface area (Å²) in [6.45, 7) is 6.09. The van der Waals surface area contributed by atoms with Crippen LogP contribution in [0, 0.1) is 13.8 Å². The predicted octanol–water partition coefficient (Wildman–Crippen LogP) is 3.28. The number of amides is 1. The van der Waals surface area contributed by atoms with Crippen LogP contribution in [0.4, 0.5) is 0 Å². The Morgan fingerprint density at radius 2 is 2.12 bits per heavy atom. The summed E-state index contributed by atoms with van der Waals surface area (Å²) < 4.78 is 5.45. The molecule has 0 saturated heterocycles. The van der Waals surface area contributed by atoms with Gasteiger partial charge >= 0.3 is 0 Å². The molecule has 6 nitrogen and oxygen atoms in total. The lowest BCUT2D eigenvalue weighted by atomic mass is 10.3. The summed E-state index contributed by atoms with van der Waals surface area (Å²) in [6.07, 6.45) is 0. The fraction of sp³-hybridized carbons (Fsp3) is 0.353. The predicted molar refractivity (Wildman–Crippen MR) is 94.8 cm³/mol. The van der Waals surface area contributed by atoms with Gasteiger partial charge in [0.1, 0.15) is 11.6 Å². The molecular formula is C17H20N4O2S. The molecule has 3 aromatic rings. The lowest BCUT2D eigenvalue weighted by Crippen LogP contribution is -2.25. The van der Waals surface area contributed by atoms with E-state index < -0.39 is 0 Å². The minimum atomic E-state index is -0.0449. The molecule has 0 unspecified atom stereocenters. The number of para-hydroxylation sites is 2. The number of hydrogen-bond acceptors (Lipinski definition) is 5. The van der Waals surface area contributed by atoms with Crippen molar-refractivity contribution in [1.82, 2.24) is 20.3 Å². The number of carbonyl (C=O) groups excluding carboxylic acids is 1. The van der Waals surface area contributed by atoms with Crippen LogP contribution in [0.15, 0.2) is 28.7 Å². The fourth-order valence-corrected chi connectivity index (χ4v) is 3.06. The number of fused-ring (bicyclic) bond motifs is 1. The molecule has 1 atom stereocenters. The van der Waals surface area contributed by atoms with E-state index in [1.165, 1.54) is 11.8 Å². The minimum Gasteiger partial charge on any atom is -0.444 e. The minimum absolute atomic E-state index is 0.0449. The highest BCUT2D eigenvalue weighted by Crippen LogP contribution is 2.27. The average molecular weight is 344 g/mol. The summed E-state index contributed by atoms with van der Waals surface area (Å²) in [6, 6.07) is 7.90. The van der Waals surface area contributed by atoms with Gasteiger partial charge in [-0.15, -0.1) is 11.8 Å². The molecule has 0 saturated carbocycles. The van der Waals surface area contributed by atoms with Gasteiger partial charge in [0.15, 0.2) is 0 Å². The Morgan fingerprint density at radius 3 is 2.83 bits per heavy atom. The van der Waals surface area contributed by atoms with E-state index in [1.54, 1.807) is 0 Å². The SMILES string of the molecule is Cc1nc(CNC(=O)CS[C@@H](C)c2nc3ccccc3[nH]2)oc1C. The van der Waals surface area contributed by atoms with Crippen molar-refractivity contribution in [2.75, 3.05) is 5.75 Å². The Bertz CT molecular complexity index is 803. The zero-order valence-corrected chi connectivity index (χ0v) is 14.7. The number of hydrogen-bond donors (Lipinski definition) is 2. The fourth-order valence-electron chi connectivity index (χ4n) is 2.28. The Hall–Kier alpha value is -2.28. The molecule has 2 aromatic heterocycles. The van der Waals surface area contributed by atoms with Crippen LogP contribution >= 0.6 is 11.8 Å². The van der Waals surface area contributed by atoms with Crippen molar-refractivity contribution in [2.45, 2.75) is 32.6 Å².